The van der Waals surface area contributed by atoms with Gasteiger partial charge < -0.3 is 38.6 Å². The van der Waals surface area contributed by atoms with Gasteiger partial charge in [0.05, 0.1) is 37.5 Å². The predicted molar refractivity (Wildman–Crippen MR) is 389 cm³/mol. The maximum absolute atomic E-state index is 9.08. The van der Waals surface area contributed by atoms with E-state index < -0.39 is 32.7 Å². The van der Waals surface area contributed by atoms with Crippen molar-refractivity contribution in [3.8, 4) is 57.4 Å². The molecule has 6 heterocycles. The van der Waals surface area contributed by atoms with E-state index in [2.05, 4.69) is 198 Å². The van der Waals surface area contributed by atoms with Crippen molar-refractivity contribution in [2.45, 2.75) is 83.7 Å². The number of aliphatic hydroxyl groups is 2. The Kier molecular flexibility index (Phi) is 32.5. The molecule has 2 aliphatic rings. The second-order valence-electron chi connectivity index (χ2n) is 23.5. The van der Waals surface area contributed by atoms with Crippen LogP contribution in [0.15, 0.2) is 210 Å². The van der Waals surface area contributed by atoms with Crippen LogP contribution in [-0.2, 0) is 50.3 Å². The number of benzene rings is 6. The molecule has 0 amide bonds. The Balaban J connectivity index is 0.000000249. The van der Waals surface area contributed by atoms with Gasteiger partial charge in [-0.15, -0.1) is 102 Å². The van der Waals surface area contributed by atoms with Crippen LogP contribution in [0.4, 0.5) is 0 Å². The van der Waals surface area contributed by atoms with Gasteiger partial charge in [0.2, 0.25) is 0 Å². The number of nitrogens with zero attached hydrogens (tertiary/aromatic N) is 4. The fourth-order valence-electron chi connectivity index (χ4n) is 9.45. The molecule has 6 aromatic carbocycles. The summed E-state index contributed by atoms with van der Waals surface area (Å²) in [7, 11) is 9.38. The Morgan fingerprint density at radius 2 is 0.947 bits per heavy atom. The zero-order valence-corrected chi connectivity index (χ0v) is 62.3. The number of furan rings is 2. The number of aromatic nitrogens is 4. The van der Waals surface area contributed by atoms with E-state index in [0.717, 1.165) is 110 Å². The Morgan fingerprint density at radius 3 is 1.32 bits per heavy atom. The Bertz CT molecular complexity index is 4100. The molecule has 0 spiro atoms. The Morgan fingerprint density at radius 1 is 0.532 bits per heavy atom. The summed E-state index contributed by atoms with van der Waals surface area (Å²) < 4.78 is 39.7. The van der Waals surface area contributed by atoms with E-state index in [0.29, 0.717) is 6.26 Å². The number of hydrogen-bond acceptors (Lipinski definition) is 11. The molecule has 2 N–H and O–H groups in total. The Labute approximate surface area is 589 Å². The van der Waals surface area contributed by atoms with E-state index in [-0.39, 0.29) is 40.2 Å². The van der Waals surface area contributed by atoms with Crippen molar-refractivity contribution in [3.63, 3.8) is 0 Å². The van der Waals surface area contributed by atoms with Gasteiger partial charge in [0, 0.05) is 137 Å². The van der Waals surface area contributed by atoms with Gasteiger partial charge in [0.25, 0.3) is 0 Å². The smallest absolute Gasteiger partial charge is 0.144 e. The van der Waals surface area contributed by atoms with Gasteiger partial charge >= 0.3 is 0 Å². The third-order valence-corrected chi connectivity index (χ3v) is 18.3. The third-order valence-electron chi connectivity index (χ3n) is 14.2. The van der Waals surface area contributed by atoms with Gasteiger partial charge in [-0.05, 0) is 109 Å². The summed E-state index contributed by atoms with van der Waals surface area (Å²) in [6.45, 7) is 15.8. The van der Waals surface area contributed by atoms with Gasteiger partial charge in [-0.2, -0.15) is 0 Å². The van der Waals surface area contributed by atoms with Crippen LogP contribution in [0.1, 0.15) is 55.6 Å². The summed E-state index contributed by atoms with van der Waals surface area (Å²) in [6.07, 6.45) is 17.5. The number of para-hydroxylation sites is 1. The van der Waals surface area contributed by atoms with Gasteiger partial charge in [-0.1, -0.05) is 139 Å². The Hall–Kier alpha value is -7.10. The summed E-state index contributed by atoms with van der Waals surface area (Å²) in [5, 5.41) is 21.5. The molecule has 0 unspecified atom stereocenters. The predicted octanol–water partition coefficient (Wildman–Crippen LogP) is 14.5. The molecule has 11 nitrogen and oxygen atoms in total. The van der Waals surface area contributed by atoms with Crippen LogP contribution in [0, 0.1) is 30.5 Å². The first kappa shape index (κ1) is 79.3. The van der Waals surface area contributed by atoms with Crippen LogP contribution in [0.5, 0.6) is 0 Å². The first-order chi connectivity index (χ1) is 44.1. The molecule has 0 bridgehead atoms. The van der Waals surface area contributed by atoms with E-state index in [4.69, 9.17) is 32.0 Å². The molecule has 14 rings (SSSR count). The second-order valence-corrected chi connectivity index (χ2v) is 35.0. The molecule has 482 valence electrons. The molecular formula is C74H76B4Ir2N4O7SSi2-4. The SMILES string of the molecule is C#CC.CO.CO.CS(=O)(=O)[O-].C[Si](C)(C)c1ccc2c(c1)oc1c(-c3ccccn3)[c-]ccc12.C[Si](C)(C)c1ccc2c(c1)oc1c(-c3ccccn3)cccc12.[B]B([B])[B].[Ir].[Ir].[c-]1ccccc1-c1ccc(C2CC2)cn1.[c-]1ccccc1-c1ccc(C2CC2)cn1. The molecule has 2 saturated carbocycles. The molecule has 94 heavy (non-hydrogen) atoms. The minimum Gasteiger partial charge on any atom is -0.748 e. The molecule has 0 saturated heterocycles. The number of rotatable bonds is 8. The monoisotopic (exact) mass is 1650 g/mol. The first-order valence-corrected chi connectivity index (χ1v) is 38.9. The van der Waals surface area contributed by atoms with Crippen molar-refractivity contribution in [1.29, 1.82) is 0 Å². The summed E-state index contributed by atoms with van der Waals surface area (Å²) >= 11 is 0. The molecule has 8 radical (unpaired) electrons. The van der Waals surface area contributed by atoms with Crippen molar-refractivity contribution in [2.75, 3.05) is 20.5 Å². The quantitative estimate of drug-likeness (QED) is 0.0641. The van der Waals surface area contributed by atoms with E-state index in [1.54, 1.807) is 13.1 Å². The largest absolute Gasteiger partial charge is 0.748 e. The van der Waals surface area contributed by atoms with E-state index in [9.17, 15) is 0 Å². The van der Waals surface area contributed by atoms with Gasteiger partial charge in [0.15, 0.2) is 0 Å². The van der Waals surface area contributed by atoms with Crippen LogP contribution in [0.2, 0.25) is 39.3 Å². The summed E-state index contributed by atoms with van der Waals surface area (Å²) in [4.78, 5) is 17.9. The van der Waals surface area contributed by atoms with Gasteiger partial charge in [0.1, 0.15) is 16.7 Å². The van der Waals surface area contributed by atoms with Crippen LogP contribution >= 0.6 is 0 Å². The fourth-order valence-corrected chi connectivity index (χ4v) is 11.7. The van der Waals surface area contributed by atoms with Crippen LogP contribution < -0.4 is 10.4 Å². The molecule has 2 aliphatic carbocycles. The zero-order chi connectivity index (χ0) is 67.0. The first-order valence-electron chi connectivity index (χ1n) is 30.1. The summed E-state index contributed by atoms with van der Waals surface area (Å²) in [5.74, 6) is 3.82. The summed E-state index contributed by atoms with van der Waals surface area (Å²) in [5.41, 5.74) is 14.5. The number of hydrogen-bond donors (Lipinski definition) is 2. The van der Waals surface area contributed by atoms with Crippen LogP contribution in [-0.4, -0.2) is 109 Å². The van der Waals surface area contributed by atoms with Crippen molar-refractivity contribution in [2.24, 2.45) is 0 Å². The molecule has 0 atom stereocenters. The molecule has 0 aliphatic heterocycles. The normalized spacial score (nSPS) is 11.9. The van der Waals surface area contributed by atoms with Gasteiger partial charge in [-0.3, -0.25) is 4.98 Å². The van der Waals surface area contributed by atoms with Crippen molar-refractivity contribution >= 4 is 110 Å². The average Bonchev–Trinajstić information content (AvgIpc) is 1.62. The van der Waals surface area contributed by atoms with Crippen molar-refractivity contribution in [3.05, 3.63) is 230 Å². The molecule has 6 aromatic heterocycles. The number of fused-ring (bicyclic) bond motifs is 6. The maximum Gasteiger partial charge on any atom is 0.144 e. The molecule has 12 aromatic rings. The topological polar surface area (TPSA) is 175 Å². The second kappa shape index (κ2) is 38.5. The van der Waals surface area contributed by atoms with Crippen molar-refractivity contribution in [1.82, 2.24) is 19.9 Å². The number of aliphatic hydroxyl groups excluding tert-OH is 2. The van der Waals surface area contributed by atoms with E-state index in [1.165, 1.54) is 52.6 Å². The number of terminal acetylenes is 1. The molecule has 2 fully saturated rings. The number of pyridine rings is 4. The van der Waals surface area contributed by atoms with E-state index >= 15 is 0 Å². The fraction of sp³-hybridized carbons (Fsp3) is 0.216. The van der Waals surface area contributed by atoms with Gasteiger partial charge in [-0.25, -0.2) is 8.42 Å². The average molecular weight is 1650 g/mol. The van der Waals surface area contributed by atoms with E-state index in [1.807, 2.05) is 110 Å². The minimum atomic E-state index is -3.92. The van der Waals surface area contributed by atoms with Crippen molar-refractivity contribution < 1.29 is 72.2 Å². The van der Waals surface area contributed by atoms with Crippen LogP contribution in [0.3, 0.4) is 0 Å². The molecular weight excluding hydrogens is 1570 g/mol. The minimum absolute atomic E-state index is 0. The third kappa shape index (κ3) is 24.3. The standard InChI is InChI=1S/C20H19NOSi.C20H18NOSi.2C14H12N.C3H4.CH4O3S.2CH4O.B4.2Ir/c2*1-23(2,3)14-10-11-15-16-7-6-8-17(18-9-4-5-12-21-18)20(16)22-19(15)13-14;2*1-2-4-12(5-3-1)14-9-8-13(10-15-14)11-6-7-11;1-3-2;1-5(2,3)4;2*1-2;1-4(2)3;;/h4-13H,1-3H3;4-7,9-13H,1-3H3;2*1-4,8-11H,6-7H2;1H,2H3;1H3,(H,2,3,4);2*2H,1H3;;;/q;3*-1;;;;;;;/p-1. The zero-order valence-electron chi connectivity index (χ0n) is 54.7. The molecule has 20 heteroatoms. The summed E-state index contributed by atoms with van der Waals surface area (Å²) in [6, 6.07) is 69.7. The van der Waals surface area contributed by atoms with Crippen LogP contribution in [0.25, 0.3) is 88.9 Å². The maximum atomic E-state index is 9.08.